The molecule has 220 valence electrons. The molecule has 2 aromatic carbocycles. The molecule has 0 bridgehead atoms. The van der Waals surface area contributed by atoms with E-state index in [1.165, 1.54) is 18.3 Å². The first-order valence-corrected chi connectivity index (χ1v) is 15.2. The zero-order valence-electron chi connectivity index (χ0n) is 23.3. The summed E-state index contributed by atoms with van der Waals surface area (Å²) in [6.45, 7) is 5.66. The van der Waals surface area contributed by atoms with E-state index >= 15 is 4.39 Å². The molecule has 2 heterocycles. The summed E-state index contributed by atoms with van der Waals surface area (Å²) in [7, 11) is 0. The number of piperazine rings is 1. The number of aromatic nitrogens is 1. The second kappa shape index (κ2) is 14.5. The van der Waals surface area contributed by atoms with E-state index in [0.717, 1.165) is 50.7 Å². The van der Waals surface area contributed by atoms with E-state index in [4.69, 9.17) is 11.6 Å². The van der Waals surface area contributed by atoms with Crippen molar-refractivity contribution in [2.45, 2.75) is 57.4 Å². The Morgan fingerprint density at radius 1 is 1.20 bits per heavy atom. The summed E-state index contributed by atoms with van der Waals surface area (Å²) < 4.78 is 45.0. The minimum Gasteiger partial charge on any atom is -0.326 e. The van der Waals surface area contributed by atoms with E-state index in [1.807, 2.05) is 11.9 Å². The molecule has 1 aromatic heterocycles. The van der Waals surface area contributed by atoms with Gasteiger partial charge in [-0.25, -0.2) is 8.70 Å². The lowest BCUT2D eigenvalue weighted by Crippen LogP contribution is -2.48. The van der Waals surface area contributed by atoms with Crippen molar-refractivity contribution >= 4 is 35.1 Å². The fourth-order valence-electron chi connectivity index (χ4n) is 4.99. The lowest BCUT2D eigenvalue weighted by molar-refractivity contribution is -0.116. The summed E-state index contributed by atoms with van der Waals surface area (Å²) in [6, 6.07) is 14.9. The van der Waals surface area contributed by atoms with Crippen molar-refractivity contribution in [3.8, 4) is 0 Å². The van der Waals surface area contributed by atoms with Gasteiger partial charge in [-0.1, -0.05) is 54.7 Å². The van der Waals surface area contributed by atoms with Crippen molar-refractivity contribution in [3.63, 3.8) is 0 Å². The summed E-state index contributed by atoms with van der Waals surface area (Å²) >= 11 is 7.92. The molecule has 0 saturated carbocycles. The van der Waals surface area contributed by atoms with Crippen molar-refractivity contribution < 1.29 is 18.0 Å². The first-order chi connectivity index (χ1) is 19.7. The van der Waals surface area contributed by atoms with Crippen LogP contribution in [0.15, 0.2) is 60.8 Å². The van der Waals surface area contributed by atoms with Gasteiger partial charge in [-0.3, -0.25) is 9.78 Å². The number of carbonyl (C=O) groups is 1. The third kappa shape index (κ3) is 8.70. The fraction of sp³-hybridized carbons (Fsp3) is 0.419. The third-order valence-electron chi connectivity index (χ3n) is 7.18. The van der Waals surface area contributed by atoms with Gasteiger partial charge in [0.25, 0.3) is 5.92 Å². The molecule has 0 spiro atoms. The van der Waals surface area contributed by atoms with Gasteiger partial charge in [0.1, 0.15) is 11.5 Å². The first-order valence-electron chi connectivity index (χ1n) is 13.9. The van der Waals surface area contributed by atoms with Gasteiger partial charge in [-0.15, -0.1) is 0 Å². The minimum atomic E-state index is -3.07. The Kier molecular flexibility index (Phi) is 11.1. The monoisotopic (exact) mass is 604 g/mol. The van der Waals surface area contributed by atoms with E-state index in [2.05, 4.69) is 26.8 Å². The topological polar surface area (TPSA) is 57.3 Å². The highest BCUT2D eigenvalue weighted by Gasteiger charge is 2.27. The molecule has 4 rings (SSSR count). The maximum Gasteiger partial charge on any atom is 0.286 e. The van der Waals surface area contributed by atoms with Gasteiger partial charge in [0, 0.05) is 73.2 Å². The van der Waals surface area contributed by atoms with Gasteiger partial charge < -0.3 is 10.6 Å². The molecule has 10 heteroatoms. The molecular formula is C31H36ClF3N4OS. The van der Waals surface area contributed by atoms with Crippen LogP contribution in [0, 0.1) is 5.82 Å². The summed E-state index contributed by atoms with van der Waals surface area (Å²) in [6.07, 6.45) is 3.71. The van der Waals surface area contributed by atoms with Crippen LogP contribution in [0.1, 0.15) is 61.4 Å². The number of carbonyl (C=O) groups excluding carboxylic acids is 1. The van der Waals surface area contributed by atoms with E-state index in [-0.39, 0.29) is 29.9 Å². The van der Waals surface area contributed by atoms with Crippen LogP contribution in [0.4, 0.5) is 18.9 Å². The van der Waals surface area contributed by atoms with E-state index in [1.54, 1.807) is 42.5 Å². The highest BCUT2D eigenvalue weighted by atomic mass is 35.5. The number of nitrogens with one attached hydrogen (secondary N) is 2. The predicted molar refractivity (Wildman–Crippen MR) is 161 cm³/mol. The maximum absolute atomic E-state index is 15.1. The number of amides is 1. The average molecular weight is 605 g/mol. The quantitative estimate of drug-likeness (QED) is 0.211. The van der Waals surface area contributed by atoms with Crippen molar-refractivity contribution in [1.82, 2.24) is 14.6 Å². The first kappa shape index (κ1) is 31.3. The number of rotatable bonds is 12. The molecular weight excluding hydrogens is 569 g/mol. The summed E-state index contributed by atoms with van der Waals surface area (Å²) in [5.41, 5.74) is 1.98. The number of alkyl halides is 2. The Morgan fingerprint density at radius 3 is 2.63 bits per heavy atom. The molecule has 0 unspecified atom stereocenters. The number of anilines is 1. The van der Waals surface area contributed by atoms with Crippen LogP contribution >= 0.6 is 23.5 Å². The Hall–Kier alpha value is -2.59. The van der Waals surface area contributed by atoms with Crippen LogP contribution in [0.2, 0.25) is 5.02 Å². The van der Waals surface area contributed by atoms with Gasteiger partial charge in [0.2, 0.25) is 5.91 Å². The van der Waals surface area contributed by atoms with Gasteiger partial charge in [0.15, 0.2) is 0 Å². The molecule has 0 radical (unpaired) electrons. The van der Waals surface area contributed by atoms with Gasteiger partial charge >= 0.3 is 0 Å². The van der Waals surface area contributed by atoms with E-state index in [9.17, 15) is 13.6 Å². The van der Waals surface area contributed by atoms with E-state index in [0.29, 0.717) is 28.3 Å². The molecule has 41 heavy (non-hydrogen) atoms. The summed E-state index contributed by atoms with van der Waals surface area (Å²) in [4.78, 5) is 17.3. The second-order valence-corrected chi connectivity index (χ2v) is 11.9. The van der Waals surface area contributed by atoms with Crippen LogP contribution in [0.25, 0.3) is 0 Å². The number of pyridine rings is 1. The normalized spacial score (nSPS) is 16.9. The van der Waals surface area contributed by atoms with Crippen LogP contribution in [0.3, 0.4) is 0 Å². The molecule has 2 atom stereocenters. The second-order valence-electron chi connectivity index (χ2n) is 10.4. The molecule has 5 nitrogen and oxygen atoms in total. The standard InChI is InChI=1S/C31H36ClF3N4OS/c1-3-17-41-39-16-15-36-20-24(39)12-13-25-27(33)5-4-6-28(25)38-30(40)18-26(21-7-10-23(32)11-8-21)22-9-14-29(37-19-22)31(2,34)35/h4-11,14,19,24,26,36H,3,12-13,15-18,20H2,1-2H3,(H,38,40)/t24-,26-/m0/s1. The number of hydrogen-bond donors (Lipinski definition) is 2. The third-order valence-corrected chi connectivity index (χ3v) is 8.83. The predicted octanol–water partition coefficient (Wildman–Crippen LogP) is 7.41. The molecule has 0 aliphatic carbocycles. The van der Waals surface area contributed by atoms with Gasteiger partial charge in [0.05, 0.1) is 0 Å². The summed E-state index contributed by atoms with van der Waals surface area (Å²) in [5, 5.41) is 6.90. The lowest BCUT2D eigenvalue weighted by Gasteiger charge is -2.35. The molecule has 2 N–H and O–H groups in total. The van der Waals surface area contributed by atoms with Crippen LogP contribution in [0.5, 0.6) is 0 Å². The van der Waals surface area contributed by atoms with E-state index < -0.39 is 11.8 Å². The van der Waals surface area contributed by atoms with Crippen molar-refractivity contribution in [2.24, 2.45) is 0 Å². The van der Waals surface area contributed by atoms with Gasteiger partial charge in [-0.05, 0) is 60.7 Å². The number of benzene rings is 2. The number of nitrogens with zero attached hydrogens (tertiary/aromatic N) is 2. The van der Waals surface area contributed by atoms with Crippen LogP contribution in [-0.2, 0) is 17.1 Å². The molecule has 1 fully saturated rings. The number of hydrogen-bond acceptors (Lipinski definition) is 5. The highest BCUT2D eigenvalue weighted by molar-refractivity contribution is 7.97. The zero-order chi connectivity index (χ0) is 29.4. The smallest absolute Gasteiger partial charge is 0.286 e. The molecule has 3 aromatic rings. The van der Waals surface area contributed by atoms with Crippen molar-refractivity contribution in [2.75, 3.05) is 30.7 Å². The molecule has 1 aliphatic rings. The van der Waals surface area contributed by atoms with Crippen molar-refractivity contribution in [3.05, 3.63) is 94.0 Å². The number of halogens is 4. The van der Waals surface area contributed by atoms with Crippen LogP contribution < -0.4 is 10.6 Å². The molecule has 1 saturated heterocycles. The Bertz CT molecular complexity index is 1290. The molecule has 1 aliphatic heterocycles. The summed E-state index contributed by atoms with van der Waals surface area (Å²) in [5.74, 6) is -3.16. The lowest BCUT2D eigenvalue weighted by atomic mass is 9.89. The largest absolute Gasteiger partial charge is 0.326 e. The average Bonchev–Trinajstić information content (AvgIpc) is 2.95. The van der Waals surface area contributed by atoms with Crippen LogP contribution in [-0.4, -0.2) is 46.6 Å². The van der Waals surface area contributed by atoms with Crippen molar-refractivity contribution in [1.29, 1.82) is 0 Å². The zero-order valence-corrected chi connectivity index (χ0v) is 24.9. The highest BCUT2D eigenvalue weighted by Crippen LogP contribution is 2.32. The fourth-order valence-corrected chi connectivity index (χ4v) is 6.14. The molecule has 1 amide bonds. The Balaban J connectivity index is 1.51. The SMILES string of the molecule is CCCSN1CCNC[C@@H]1CCc1c(F)cccc1NC(=O)C[C@@H](c1ccc(Cl)cc1)c1ccc(C(C)(F)F)nc1. The Labute approximate surface area is 249 Å². The Morgan fingerprint density at radius 2 is 1.95 bits per heavy atom. The van der Waals surface area contributed by atoms with Gasteiger partial charge in [-0.2, -0.15) is 8.78 Å². The minimum absolute atomic E-state index is 0.00904. The maximum atomic E-state index is 15.1.